The van der Waals surface area contributed by atoms with Crippen LogP contribution in [0.3, 0.4) is 0 Å². The van der Waals surface area contributed by atoms with Gasteiger partial charge in [0.15, 0.2) is 0 Å². The lowest BCUT2D eigenvalue weighted by Gasteiger charge is -2.05. The van der Waals surface area contributed by atoms with Gasteiger partial charge in [-0.3, -0.25) is 4.98 Å². The number of imidazole rings is 1. The maximum atomic E-state index is 12.5. The molecule has 0 radical (unpaired) electrons. The number of fused-ring (bicyclic) bond motifs is 1. The molecule has 1 N–H and O–H groups in total. The molecule has 8 heteroatoms. The molecule has 3 rings (SSSR count). The molecule has 0 fully saturated rings. The maximum Gasteiger partial charge on any atom is 0.226 e. The Morgan fingerprint density at radius 3 is 2.73 bits per heavy atom. The molecule has 2 heterocycles. The highest BCUT2D eigenvalue weighted by atomic mass is 32.2. The van der Waals surface area contributed by atoms with Gasteiger partial charge < -0.3 is 4.98 Å². The van der Waals surface area contributed by atoms with Crippen molar-refractivity contribution in [3.05, 3.63) is 52.7 Å². The number of hydrogen-bond acceptors (Lipinski definition) is 6. The molecule has 0 aliphatic heterocycles. The number of sulfone groups is 1. The minimum Gasteiger partial charge on any atom is -0.329 e. The Balaban J connectivity index is 2.02. The van der Waals surface area contributed by atoms with Crippen molar-refractivity contribution in [2.45, 2.75) is 17.8 Å². The zero-order valence-electron chi connectivity index (χ0n) is 11.6. The molecule has 0 atom stereocenters. The van der Waals surface area contributed by atoms with Gasteiger partial charge in [-0.25, -0.2) is 13.4 Å². The molecule has 0 bridgehead atoms. The Bertz CT molecular complexity index is 930. The van der Waals surface area contributed by atoms with Gasteiger partial charge in [-0.1, -0.05) is 12.1 Å². The predicted molar refractivity (Wildman–Crippen MR) is 81.4 cm³/mol. The third-order valence-corrected chi connectivity index (χ3v) is 4.80. The lowest BCUT2D eigenvalue weighted by Crippen LogP contribution is -2.09. The van der Waals surface area contributed by atoms with E-state index in [1.165, 1.54) is 12.3 Å². The van der Waals surface area contributed by atoms with E-state index in [9.17, 15) is 13.3 Å². The van der Waals surface area contributed by atoms with E-state index in [4.69, 9.17) is 0 Å². The molecule has 0 amide bonds. The highest BCUT2D eigenvalue weighted by Gasteiger charge is 2.22. The number of aromatic nitrogens is 3. The summed E-state index contributed by atoms with van der Waals surface area (Å²) in [6, 6.07) is 8.50. The van der Waals surface area contributed by atoms with Crippen molar-refractivity contribution in [2.75, 3.05) is 0 Å². The van der Waals surface area contributed by atoms with Crippen LogP contribution in [0.5, 0.6) is 0 Å². The van der Waals surface area contributed by atoms with E-state index in [1.54, 1.807) is 31.2 Å². The number of H-pyrrole nitrogens is 1. The first-order valence-corrected chi connectivity index (χ1v) is 8.12. The van der Waals surface area contributed by atoms with Gasteiger partial charge in [0.1, 0.15) is 11.4 Å². The second-order valence-electron chi connectivity index (χ2n) is 4.81. The summed E-state index contributed by atoms with van der Waals surface area (Å²) in [7, 11) is -3.70. The van der Waals surface area contributed by atoms with Crippen LogP contribution in [-0.4, -0.2) is 23.4 Å². The molecule has 0 saturated carbocycles. The van der Waals surface area contributed by atoms with E-state index in [1.807, 2.05) is 0 Å². The van der Waals surface area contributed by atoms with Crippen LogP contribution in [0.25, 0.3) is 11.0 Å². The average molecular weight is 316 g/mol. The minimum atomic E-state index is -3.70. The van der Waals surface area contributed by atoms with Gasteiger partial charge >= 0.3 is 0 Å². The van der Waals surface area contributed by atoms with Gasteiger partial charge in [0.2, 0.25) is 15.0 Å². The van der Waals surface area contributed by atoms with Crippen molar-refractivity contribution in [3.63, 3.8) is 0 Å². The Morgan fingerprint density at radius 1 is 1.23 bits per heavy atom. The zero-order chi connectivity index (χ0) is 15.7. The Labute approximate surface area is 126 Å². The monoisotopic (exact) mass is 316 g/mol. The summed E-state index contributed by atoms with van der Waals surface area (Å²) in [6.07, 6.45) is 1.37. The number of nitrogens with one attached hydrogen (secondary N) is 1. The first-order chi connectivity index (χ1) is 10.5. The van der Waals surface area contributed by atoms with Crippen LogP contribution in [0.2, 0.25) is 0 Å². The summed E-state index contributed by atoms with van der Waals surface area (Å²) in [5.74, 6) is -0.345. The molecule has 2 aromatic heterocycles. The van der Waals surface area contributed by atoms with Gasteiger partial charge in [-0.15, -0.1) is 4.91 Å². The molecular formula is C14H12N4O3S. The standard InChI is InChI=1S/C14H12N4O3S/c1-9-10(18-19)6-7-15-13(9)8-22(20,21)14-16-11-4-2-3-5-12(11)17-14/h2-7H,8H2,1H3,(H,16,17). The van der Waals surface area contributed by atoms with Gasteiger partial charge in [0, 0.05) is 11.8 Å². The van der Waals surface area contributed by atoms with Crippen molar-refractivity contribution in [1.29, 1.82) is 0 Å². The van der Waals surface area contributed by atoms with Gasteiger partial charge in [-0.2, -0.15) is 0 Å². The van der Waals surface area contributed by atoms with Gasteiger partial charge in [0.05, 0.1) is 16.7 Å². The second-order valence-corrected chi connectivity index (χ2v) is 6.72. The number of para-hydroxylation sites is 2. The first kappa shape index (κ1) is 14.3. The van der Waals surface area contributed by atoms with Crippen LogP contribution in [0.15, 0.2) is 46.9 Å². The van der Waals surface area contributed by atoms with Crippen molar-refractivity contribution in [3.8, 4) is 0 Å². The third kappa shape index (κ3) is 2.48. The van der Waals surface area contributed by atoms with E-state index in [-0.39, 0.29) is 22.3 Å². The van der Waals surface area contributed by atoms with E-state index < -0.39 is 9.84 Å². The fourth-order valence-corrected chi connectivity index (χ4v) is 3.43. The molecular weight excluding hydrogens is 304 g/mol. The SMILES string of the molecule is Cc1c(N=O)ccnc1CS(=O)(=O)c1nc2ccccc2[nH]1. The topological polar surface area (TPSA) is 105 Å². The fourth-order valence-electron chi connectivity index (χ4n) is 2.14. The van der Waals surface area contributed by atoms with Gasteiger partial charge in [-0.05, 0) is 30.3 Å². The lowest BCUT2D eigenvalue weighted by atomic mass is 10.2. The van der Waals surface area contributed by atoms with Crippen LogP contribution in [0.4, 0.5) is 5.69 Å². The van der Waals surface area contributed by atoms with E-state index in [0.717, 1.165) is 0 Å². The van der Waals surface area contributed by atoms with Crippen LogP contribution in [0, 0.1) is 11.8 Å². The highest BCUT2D eigenvalue weighted by Crippen LogP contribution is 2.23. The first-order valence-electron chi connectivity index (χ1n) is 6.46. The fraction of sp³-hybridized carbons (Fsp3) is 0.143. The summed E-state index contributed by atoms with van der Waals surface area (Å²) in [5.41, 5.74) is 2.16. The average Bonchev–Trinajstić information content (AvgIpc) is 2.94. The molecule has 0 aliphatic carbocycles. The quantitative estimate of drug-likeness (QED) is 0.745. The molecule has 1 aromatic carbocycles. The van der Waals surface area contributed by atoms with E-state index in [2.05, 4.69) is 20.1 Å². The molecule has 112 valence electrons. The smallest absolute Gasteiger partial charge is 0.226 e. The summed E-state index contributed by atoms with van der Waals surface area (Å²) < 4.78 is 25.0. The number of nitroso groups, excluding NO2 is 1. The second kappa shape index (κ2) is 5.30. The zero-order valence-corrected chi connectivity index (χ0v) is 12.5. The van der Waals surface area contributed by atoms with Gasteiger partial charge in [0.25, 0.3) is 0 Å². The highest BCUT2D eigenvalue weighted by molar-refractivity contribution is 7.90. The Kier molecular flexibility index (Phi) is 3.45. The number of nitrogens with zero attached hydrogens (tertiary/aromatic N) is 3. The van der Waals surface area contributed by atoms with E-state index in [0.29, 0.717) is 16.6 Å². The number of benzene rings is 1. The van der Waals surface area contributed by atoms with Crippen molar-refractivity contribution in [2.24, 2.45) is 5.18 Å². The third-order valence-electron chi connectivity index (χ3n) is 3.37. The normalized spacial score (nSPS) is 11.7. The Morgan fingerprint density at radius 2 is 2.00 bits per heavy atom. The van der Waals surface area contributed by atoms with Crippen molar-refractivity contribution < 1.29 is 8.42 Å². The van der Waals surface area contributed by atoms with Crippen LogP contribution in [0.1, 0.15) is 11.3 Å². The molecule has 7 nitrogen and oxygen atoms in total. The van der Waals surface area contributed by atoms with Crippen LogP contribution < -0.4 is 0 Å². The minimum absolute atomic E-state index is 0.112. The predicted octanol–water partition coefficient (Wildman–Crippen LogP) is 2.64. The van der Waals surface area contributed by atoms with Crippen LogP contribution >= 0.6 is 0 Å². The van der Waals surface area contributed by atoms with Crippen molar-refractivity contribution >= 4 is 26.6 Å². The Hall–Kier alpha value is -2.61. The molecule has 0 aliphatic rings. The summed E-state index contributed by atoms with van der Waals surface area (Å²) in [4.78, 5) is 21.6. The number of pyridine rings is 1. The molecule has 0 unspecified atom stereocenters. The van der Waals surface area contributed by atoms with Crippen LogP contribution in [-0.2, 0) is 15.6 Å². The summed E-state index contributed by atoms with van der Waals surface area (Å²) >= 11 is 0. The summed E-state index contributed by atoms with van der Waals surface area (Å²) in [6.45, 7) is 1.62. The molecule has 0 spiro atoms. The molecule has 3 aromatic rings. The van der Waals surface area contributed by atoms with E-state index >= 15 is 0 Å². The number of hydrogen-bond donors (Lipinski definition) is 1. The molecule has 22 heavy (non-hydrogen) atoms. The number of aromatic amines is 1. The number of rotatable bonds is 4. The largest absolute Gasteiger partial charge is 0.329 e. The molecule has 0 saturated heterocycles. The lowest BCUT2D eigenvalue weighted by molar-refractivity contribution is 0.587. The summed E-state index contributed by atoms with van der Waals surface area (Å²) in [5, 5.41) is 2.75. The maximum absolute atomic E-state index is 12.5. The van der Waals surface area contributed by atoms with Crippen molar-refractivity contribution in [1.82, 2.24) is 15.0 Å².